The molecule has 0 aliphatic carbocycles. The molecule has 1 saturated heterocycles. The summed E-state index contributed by atoms with van der Waals surface area (Å²) >= 11 is 1.81. The van der Waals surface area contributed by atoms with Crippen LogP contribution >= 0.6 is 11.3 Å². The third-order valence-corrected chi connectivity index (χ3v) is 7.84. The minimum absolute atomic E-state index is 0.0156. The number of amides is 2. The highest BCUT2D eigenvalue weighted by molar-refractivity contribution is 7.10. The summed E-state index contributed by atoms with van der Waals surface area (Å²) in [6.45, 7) is 3.99. The second kappa shape index (κ2) is 11.2. The van der Waals surface area contributed by atoms with Crippen LogP contribution in [0.3, 0.4) is 0 Å². The van der Waals surface area contributed by atoms with Gasteiger partial charge >= 0.3 is 0 Å². The molecule has 2 amide bonds. The van der Waals surface area contributed by atoms with Crippen molar-refractivity contribution in [3.05, 3.63) is 93.7 Å². The number of piperazine rings is 1. The number of ether oxygens (including phenoxy) is 1. The van der Waals surface area contributed by atoms with Crippen molar-refractivity contribution >= 4 is 23.2 Å². The Bertz CT molecular complexity index is 1130. The van der Waals surface area contributed by atoms with Gasteiger partial charge < -0.3 is 14.5 Å². The molecule has 2 aromatic carbocycles. The Morgan fingerprint density at radius 1 is 0.829 bits per heavy atom. The van der Waals surface area contributed by atoms with E-state index in [0.717, 1.165) is 18.5 Å². The van der Waals surface area contributed by atoms with Crippen LogP contribution in [0.4, 0.5) is 0 Å². The lowest BCUT2D eigenvalue weighted by molar-refractivity contribution is -0.143. The number of carbonyl (C=O) groups excluding carboxylic acids is 2. The van der Waals surface area contributed by atoms with E-state index >= 15 is 0 Å². The summed E-state index contributed by atoms with van der Waals surface area (Å²) in [5.74, 6) is 0.121. The fraction of sp³-hybridized carbons (Fsp3) is 0.357. The first-order valence-electron chi connectivity index (χ1n) is 12.2. The van der Waals surface area contributed by atoms with Crippen LogP contribution in [-0.2, 0) is 27.4 Å². The molecule has 7 heteroatoms. The van der Waals surface area contributed by atoms with E-state index in [1.165, 1.54) is 16.0 Å². The summed E-state index contributed by atoms with van der Waals surface area (Å²) in [6.07, 6.45) is 0.981. The summed E-state index contributed by atoms with van der Waals surface area (Å²) < 4.78 is 5.61. The Morgan fingerprint density at radius 3 is 2.20 bits per heavy atom. The van der Waals surface area contributed by atoms with Gasteiger partial charge in [-0.2, -0.15) is 0 Å². The predicted octanol–water partition coefficient (Wildman–Crippen LogP) is 3.58. The van der Waals surface area contributed by atoms with Crippen molar-refractivity contribution in [1.82, 2.24) is 14.7 Å². The minimum atomic E-state index is -0.0156. The molecule has 0 radical (unpaired) electrons. The second-order valence-corrected chi connectivity index (χ2v) is 10.1. The summed E-state index contributed by atoms with van der Waals surface area (Å²) in [5, 5.41) is 2.16. The van der Waals surface area contributed by atoms with Crippen LogP contribution in [0.15, 0.2) is 72.1 Å². The number of fused-ring (bicyclic) bond motifs is 1. The average molecular weight is 490 g/mol. The van der Waals surface area contributed by atoms with Crippen molar-refractivity contribution in [2.75, 3.05) is 45.9 Å². The van der Waals surface area contributed by atoms with Gasteiger partial charge in [-0.3, -0.25) is 14.5 Å². The lowest BCUT2D eigenvalue weighted by Gasteiger charge is -2.39. The highest BCUT2D eigenvalue weighted by Crippen LogP contribution is 2.37. The van der Waals surface area contributed by atoms with E-state index in [1.54, 1.807) is 4.90 Å². The van der Waals surface area contributed by atoms with E-state index in [-0.39, 0.29) is 24.5 Å². The number of benzene rings is 2. The standard InChI is InChI=1S/C28H31N3O3S/c32-26(19-31-13-11-25-24(12-18-35-25)28(31)23-9-5-2-6-10-23)29-14-16-30(17-15-29)27(33)21-34-20-22-7-3-1-4-8-22/h1-10,12,18,28H,11,13-17,19-21H2. The highest BCUT2D eigenvalue weighted by Gasteiger charge is 2.32. The number of carbonyl (C=O) groups is 2. The molecular formula is C28H31N3O3S. The van der Waals surface area contributed by atoms with E-state index in [1.807, 2.05) is 52.6 Å². The maximum Gasteiger partial charge on any atom is 0.248 e. The van der Waals surface area contributed by atoms with Gasteiger partial charge in [0.05, 0.1) is 19.2 Å². The first-order valence-corrected chi connectivity index (χ1v) is 13.1. The zero-order chi connectivity index (χ0) is 24.0. The molecule has 5 rings (SSSR count). The highest BCUT2D eigenvalue weighted by atomic mass is 32.1. The van der Waals surface area contributed by atoms with E-state index in [9.17, 15) is 9.59 Å². The molecule has 3 heterocycles. The van der Waals surface area contributed by atoms with Crippen molar-refractivity contribution < 1.29 is 14.3 Å². The number of rotatable bonds is 7. The third kappa shape index (κ3) is 5.64. The second-order valence-electron chi connectivity index (χ2n) is 9.07. The molecule has 0 saturated carbocycles. The van der Waals surface area contributed by atoms with Crippen molar-refractivity contribution in [3.8, 4) is 0 Å². The first kappa shape index (κ1) is 23.7. The molecule has 1 unspecified atom stereocenters. The van der Waals surface area contributed by atoms with Crippen LogP contribution in [0.25, 0.3) is 0 Å². The zero-order valence-electron chi connectivity index (χ0n) is 19.8. The molecule has 1 aromatic heterocycles. The molecule has 0 N–H and O–H groups in total. The van der Waals surface area contributed by atoms with Crippen molar-refractivity contribution in [1.29, 1.82) is 0 Å². The van der Waals surface area contributed by atoms with E-state index < -0.39 is 0 Å². The number of thiophene rings is 1. The Balaban J connectivity index is 1.14. The Hall–Kier alpha value is -3.00. The fourth-order valence-corrected chi connectivity index (χ4v) is 5.87. The van der Waals surface area contributed by atoms with Crippen LogP contribution in [0.2, 0.25) is 0 Å². The average Bonchev–Trinajstić information content (AvgIpc) is 3.38. The van der Waals surface area contributed by atoms with E-state index in [4.69, 9.17) is 4.74 Å². The molecule has 1 atom stereocenters. The summed E-state index contributed by atoms with van der Waals surface area (Å²) in [5.41, 5.74) is 3.61. The first-order chi connectivity index (χ1) is 17.2. The Morgan fingerprint density at radius 2 is 1.49 bits per heavy atom. The number of hydrogen-bond acceptors (Lipinski definition) is 5. The van der Waals surface area contributed by atoms with Gasteiger partial charge in [-0.15, -0.1) is 11.3 Å². The summed E-state index contributed by atoms with van der Waals surface area (Å²) in [7, 11) is 0. The monoisotopic (exact) mass is 489 g/mol. The summed E-state index contributed by atoms with van der Waals surface area (Å²) in [6, 6.07) is 22.6. The Labute approximate surface area is 210 Å². The topological polar surface area (TPSA) is 53.1 Å². The molecule has 182 valence electrons. The van der Waals surface area contributed by atoms with Crippen LogP contribution in [0, 0.1) is 0 Å². The normalized spacial score (nSPS) is 18.3. The van der Waals surface area contributed by atoms with Crippen molar-refractivity contribution in [3.63, 3.8) is 0 Å². The molecule has 1 fully saturated rings. The predicted molar refractivity (Wildman–Crippen MR) is 137 cm³/mol. The molecule has 3 aromatic rings. The van der Waals surface area contributed by atoms with Gasteiger partial charge in [0.15, 0.2) is 0 Å². The third-order valence-electron chi connectivity index (χ3n) is 6.84. The Kier molecular flexibility index (Phi) is 7.57. The quantitative estimate of drug-likeness (QED) is 0.509. The summed E-state index contributed by atoms with van der Waals surface area (Å²) in [4.78, 5) is 33.3. The fourth-order valence-electron chi connectivity index (χ4n) is 4.97. The van der Waals surface area contributed by atoms with Crippen LogP contribution in [-0.4, -0.2) is 72.4 Å². The molecule has 0 spiro atoms. The number of nitrogens with zero attached hydrogens (tertiary/aromatic N) is 3. The SMILES string of the molecule is O=C(COCc1ccccc1)N1CCN(C(=O)CN2CCc3sccc3C2c2ccccc2)CC1. The van der Waals surface area contributed by atoms with Crippen LogP contribution in [0.1, 0.15) is 27.6 Å². The molecule has 2 aliphatic heterocycles. The van der Waals surface area contributed by atoms with Gasteiger partial charge in [-0.25, -0.2) is 0 Å². The van der Waals surface area contributed by atoms with Gasteiger partial charge in [0.2, 0.25) is 11.8 Å². The number of hydrogen-bond donors (Lipinski definition) is 0. The minimum Gasteiger partial charge on any atom is -0.367 e. The largest absolute Gasteiger partial charge is 0.367 e. The molecule has 2 aliphatic rings. The smallest absolute Gasteiger partial charge is 0.248 e. The van der Waals surface area contributed by atoms with Crippen molar-refractivity contribution in [2.45, 2.75) is 19.1 Å². The van der Waals surface area contributed by atoms with Gasteiger partial charge in [0.1, 0.15) is 6.61 Å². The van der Waals surface area contributed by atoms with Gasteiger partial charge in [-0.05, 0) is 34.6 Å². The maximum atomic E-state index is 13.3. The van der Waals surface area contributed by atoms with Gasteiger partial charge in [0.25, 0.3) is 0 Å². The van der Waals surface area contributed by atoms with Gasteiger partial charge in [-0.1, -0.05) is 60.7 Å². The lowest BCUT2D eigenvalue weighted by atomic mass is 9.93. The van der Waals surface area contributed by atoms with E-state index in [2.05, 4.69) is 40.6 Å². The maximum absolute atomic E-state index is 13.3. The molecule has 35 heavy (non-hydrogen) atoms. The van der Waals surface area contributed by atoms with E-state index in [0.29, 0.717) is 39.3 Å². The van der Waals surface area contributed by atoms with Crippen LogP contribution < -0.4 is 0 Å². The molecular weight excluding hydrogens is 458 g/mol. The lowest BCUT2D eigenvalue weighted by Crippen LogP contribution is -2.53. The molecule has 0 bridgehead atoms. The molecule has 6 nitrogen and oxygen atoms in total. The zero-order valence-corrected chi connectivity index (χ0v) is 20.7. The van der Waals surface area contributed by atoms with Crippen LogP contribution in [0.5, 0.6) is 0 Å². The van der Waals surface area contributed by atoms with Crippen molar-refractivity contribution in [2.24, 2.45) is 0 Å². The van der Waals surface area contributed by atoms with Gasteiger partial charge in [0, 0.05) is 37.6 Å².